The van der Waals surface area contributed by atoms with Crippen molar-refractivity contribution in [3.63, 3.8) is 0 Å². The second-order valence-corrected chi connectivity index (χ2v) is 8.47. The molecule has 0 bridgehead atoms. The first-order chi connectivity index (χ1) is 16.6. The number of pyridine rings is 1. The van der Waals surface area contributed by atoms with Crippen LogP contribution < -0.4 is 30.7 Å². The summed E-state index contributed by atoms with van der Waals surface area (Å²) in [6, 6.07) is 11.4. The molecule has 10 nitrogen and oxygen atoms in total. The molecule has 3 aromatic rings. The lowest BCUT2D eigenvalue weighted by molar-refractivity contribution is 0.100. The van der Waals surface area contributed by atoms with Crippen molar-refractivity contribution in [1.82, 2.24) is 14.9 Å². The molecule has 0 saturated heterocycles. The average Bonchev–Trinajstić information content (AvgIpc) is 3.51. The van der Waals surface area contributed by atoms with Gasteiger partial charge in [0.05, 0.1) is 27.1 Å². The van der Waals surface area contributed by atoms with E-state index in [4.69, 9.17) is 15.2 Å². The number of rotatable bonds is 11. The molecular weight excluding hydrogens is 454 g/mol. The van der Waals surface area contributed by atoms with E-state index in [0.717, 1.165) is 49.2 Å². The predicted octanol–water partition coefficient (Wildman–Crippen LogP) is 3.45. The summed E-state index contributed by atoms with van der Waals surface area (Å²) in [5.41, 5.74) is 6.20. The molecule has 0 aliphatic carbocycles. The maximum atomic E-state index is 11.2. The second-order valence-electron chi connectivity index (χ2n) is 7.44. The van der Waals surface area contributed by atoms with E-state index in [0.29, 0.717) is 15.8 Å². The molecule has 2 aromatic heterocycles. The molecule has 4 rings (SSSR count). The Bertz CT molecular complexity index is 1140. The van der Waals surface area contributed by atoms with Gasteiger partial charge >= 0.3 is 0 Å². The van der Waals surface area contributed by atoms with Crippen molar-refractivity contribution in [1.29, 1.82) is 0 Å². The van der Waals surface area contributed by atoms with Crippen LogP contribution in [-0.2, 0) is 0 Å². The SMILES string of the molecule is COc1cccc(OC)c1N1C=CN(CCCNc2cccc(Nc3ncc(C(N)=O)s3)n2)C1. The third kappa shape index (κ3) is 5.49. The Morgan fingerprint density at radius 3 is 2.56 bits per heavy atom. The Balaban J connectivity index is 1.25. The van der Waals surface area contributed by atoms with Crippen LogP contribution in [0.2, 0.25) is 0 Å². The molecule has 0 spiro atoms. The number of primary amides is 1. The number of ether oxygens (including phenoxy) is 2. The van der Waals surface area contributed by atoms with E-state index in [1.165, 1.54) is 17.5 Å². The first-order valence-electron chi connectivity index (χ1n) is 10.7. The van der Waals surface area contributed by atoms with E-state index in [9.17, 15) is 4.79 Å². The lowest BCUT2D eigenvalue weighted by Crippen LogP contribution is -2.27. The number of thiazole rings is 1. The molecule has 11 heteroatoms. The summed E-state index contributed by atoms with van der Waals surface area (Å²) >= 11 is 1.19. The summed E-state index contributed by atoms with van der Waals surface area (Å²) < 4.78 is 11.0. The fourth-order valence-corrected chi connectivity index (χ4v) is 4.20. The Labute approximate surface area is 202 Å². The Morgan fingerprint density at radius 1 is 1.12 bits per heavy atom. The van der Waals surface area contributed by atoms with Crippen molar-refractivity contribution in [2.24, 2.45) is 5.73 Å². The standard InChI is InChI=1S/C23H27N7O3S/c1-32-16-6-3-7-17(33-2)21(16)30-13-12-29(15-30)11-5-10-25-19-8-4-9-20(27-19)28-23-26-14-18(34-23)22(24)31/h3-4,6-9,12-14H,5,10-11,15H2,1-2H3,(H2,24,31)(H2,25,26,27,28). The van der Waals surface area contributed by atoms with Gasteiger partial charge in [-0.1, -0.05) is 23.5 Å². The number of carbonyl (C=O) groups excluding carboxylic acids is 1. The number of nitrogens with two attached hydrogens (primary N) is 1. The predicted molar refractivity (Wildman–Crippen MR) is 134 cm³/mol. The van der Waals surface area contributed by atoms with Crippen LogP contribution in [0.3, 0.4) is 0 Å². The molecule has 34 heavy (non-hydrogen) atoms. The number of anilines is 4. The van der Waals surface area contributed by atoms with Crippen LogP contribution >= 0.6 is 11.3 Å². The van der Waals surface area contributed by atoms with Crippen LogP contribution in [0, 0.1) is 0 Å². The lowest BCUT2D eigenvalue weighted by Gasteiger charge is -2.24. The van der Waals surface area contributed by atoms with Gasteiger partial charge in [-0.05, 0) is 30.7 Å². The molecule has 0 radical (unpaired) electrons. The van der Waals surface area contributed by atoms with Gasteiger partial charge in [0.25, 0.3) is 5.91 Å². The summed E-state index contributed by atoms with van der Waals surface area (Å²) in [5.74, 6) is 2.45. The largest absolute Gasteiger partial charge is 0.494 e. The van der Waals surface area contributed by atoms with E-state index in [1.807, 2.05) is 42.6 Å². The molecule has 3 heterocycles. The normalized spacial score (nSPS) is 12.6. The molecule has 0 unspecified atom stereocenters. The first-order valence-corrected chi connectivity index (χ1v) is 11.5. The number of nitrogens with zero attached hydrogens (tertiary/aromatic N) is 4. The van der Waals surface area contributed by atoms with Gasteiger partial charge < -0.3 is 35.6 Å². The highest BCUT2D eigenvalue weighted by atomic mass is 32.1. The number of carbonyl (C=O) groups is 1. The number of amides is 1. The fraction of sp³-hybridized carbons (Fsp3) is 0.261. The van der Waals surface area contributed by atoms with E-state index in [2.05, 4.69) is 36.6 Å². The minimum absolute atomic E-state index is 0.399. The molecule has 178 valence electrons. The number of aromatic nitrogens is 2. The number of para-hydroxylation sites is 1. The smallest absolute Gasteiger partial charge is 0.260 e. The van der Waals surface area contributed by atoms with Crippen molar-refractivity contribution < 1.29 is 14.3 Å². The van der Waals surface area contributed by atoms with Crippen molar-refractivity contribution in [3.8, 4) is 11.5 Å². The quantitative estimate of drug-likeness (QED) is 0.354. The number of methoxy groups -OCH3 is 2. The van der Waals surface area contributed by atoms with Gasteiger partial charge in [0.2, 0.25) is 0 Å². The maximum Gasteiger partial charge on any atom is 0.260 e. The van der Waals surface area contributed by atoms with Crippen LogP contribution in [0.15, 0.2) is 55.0 Å². The van der Waals surface area contributed by atoms with Gasteiger partial charge in [0, 0.05) is 25.5 Å². The lowest BCUT2D eigenvalue weighted by atomic mass is 10.2. The molecule has 1 aliphatic heterocycles. The third-order valence-electron chi connectivity index (χ3n) is 5.14. The van der Waals surface area contributed by atoms with E-state index in [1.54, 1.807) is 14.2 Å². The van der Waals surface area contributed by atoms with Crippen LogP contribution in [0.25, 0.3) is 0 Å². The zero-order chi connectivity index (χ0) is 23.9. The average molecular weight is 482 g/mol. The van der Waals surface area contributed by atoms with E-state index >= 15 is 0 Å². The molecule has 4 N–H and O–H groups in total. The zero-order valence-electron chi connectivity index (χ0n) is 19.0. The summed E-state index contributed by atoms with van der Waals surface area (Å²) in [6.45, 7) is 2.36. The van der Waals surface area contributed by atoms with E-state index in [-0.39, 0.29) is 0 Å². The van der Waals surface area contributed by atoms with Crippen LogP contribution in [0.4, 0.5) is 22.5 Å². The third-order valence-corrected chi connectivity index (χ3v) is 6.07. The minimum atomic E-state index is -0.494. The van der Waals surface area contributed by atoms with Gasteiger partial charge in [-0.2, -0.15) is 0 Å². The van der Waals surface area contributed by atoms with Crippen LogP contribution in [0.1, 0.15) is 16.1 Å². The highest BCUT2D eigenvalue weighted by Crippen LogP contribution is 2.39. The molecule has 0 saturated carbocycles. The highest BCUT2D eigenvalue weighted by molar-refractivity contribution is 7.17. The maximum absolute atomic E-state index is 11.2. The number of benzene rings is 1. The number of hydrogen-bond acceptors (Lipinski definition) is 10. The summed E-state index contributed by atoms with van der Waals surface area (Å²) in [5, 5.41) is 7.02. The minimum Gasteiger partial charge on any atom is -0.494 e. The number of nitrogens with one attached hydrogen (secondary N) is 2. The zero-order valence-corrected chi connectivity index (χ0v) is 19.8. The van der Waals surface area contributed by atoms with Crippen molar-refractivity contribution in [3.05, 3.63) is 59.9 Å². The molecule has 1 aromatic carbocycles. The highest BCUT2D eigenvalue weighted by Gasteiger charge is 2.21. The Kier molecular flexibility index (Phi) is 7.33. The summed E-state index contributed by atoms with van der Waals surface area (Å²) in [6.07, 6.45) is 6.49. The monoisotopic (exact) mass is 481 g/mol. The fourth-order valence-electron chi connectivity index (χ4n) is 3.53. The molecular formula is C23H27N7O3S. The summed E-state index contributed by atoms with van der Waals surface area (Å²) in [4.78, 5) is 24.7. The van der Waals surface area contributed by atoms with Crippen molar-refractivity contribution in [2.45, 2.75) is 6.42 Å². The second kappa shape index (κ2) is 10.8. The van der Waals surface area contributed by atoms with E-state index < -0.39 is 5.91 Å². The molecule has 1 amide bonds. The molecule has 1 aliphatic rings. The van der Waals surface area contributed by atoms with Crippen molar-refractivity contribution in [2.75, 3.05) is 49.5 Å². The van der Waals surface area contributed by atoms with Crippen LogP contribution in [0.5, 0.6) is 11.5 Å². The number of hydrogen-bond donors (Lipinski definition) is 3. The molecule has 0 fully saturated rings. The molecule has 0 atom stereocenters. The van der Waals surface area contributed by atoms with Gasteiger partial charge in [0.15, 0.2) is 5.13 Å². The van der Waals surface area contributed by atoms with Crippen molar-refractivity contribution >= 4 is 39.7 Å². The van der Waals surface area contributed by atoms with Gasteiger partial charge in [0.1, 0.15) is 33.7 Å². The first kappa shape index (κ1) is 23.2. The van der Waals surface area contributed by atoms with Gasteiger partial charge in [-0.25, -0.2) is 9.97 Å². The Hall–Kier alpha value is -3.99. The summed E-state index contributed by atoms with van der Waals surface area (Å²) in [7, 11) is 3.32. The topological polar surface area (TPSA) is 118 Å². The van der Waals surface area contributed by atoms with Crippen LogP contribution in [-0.4, -0.2) is 54.8 Å². The van der Waals surface area contributed by atoms with Gasteiger partial charge in [-0.3, -0.25) is 4.79 Å². The van der Waals surface area contributed by atoms with Gasteiger partial charge in [-0.15, -0.1) is 0 Å². The Morgan fingerprint density at radius 2 is 1.85 bits per heavy atom.